The highest BCUT2D eigenvalue weighted by Crippen LogP contribution is 2.37. The molecule has 0 radical (unpaired) electrons. The van der Waals surface area contributed by atoms with Crippen LogP contribution in [0.2, 0.25) is 0 Å². The first-order valence-electron chi connectivity index (χ1n) is 15.2. The van der Waals surface area contributed by atoms with Crippen LogP contribution in [0.15, 0.2) is 158 Å². The van der Waals surface area contributed by atoms with Gasteiger partial charge in [-0.3, -0.25) is 4.57 Å². The van der Waals surface area contributed by atoms with Crippen molar-refractivity contribution in [1.82, 2.24) is 19.1 Å². The van der Waals surface area contributed by atoms with Gasteiger partial charge < -0.3 is 4.57 Å². The summed E-state index contributed by atoms with van der Waals surface area (Å²) < 4.78 is 4.57. The number of hydrogen-bond donors (Lipinski definition) is 0. The van der Waals surface area contributed by atoms with Crippen molar-refractivity contribution in [2.24, 2.45) is 0 Å². The number of nitrogens with zero attached hydrogens (tertiary/aromatic N) is 4. The topological polar surface area (TPSA) is 35.6 Å². The zero-order chi connectivity index (χ0) is 30.3. The number of aromatic nitrogens is 4. The lowest BCUT2D eigenvalue weighted by Gasteiger charge is -2.12. The lowest BCUT2D eigenvalue weighted by atomic mass is 10.0. The van der Waals surface area contributed by atoms with Crippen molar-refractivity contribution in [3.8, 4) is 22.8 Å². The van der Waals surface area contributed by atoms with Crippen molar-refractivity contribution in [3.05, 3.63) is 164 Å². The monoisotopic (exact) mass is 578 g/mol. The Morgan fingerprint density at radius 1 is 0.600 bits per heavy atom. The molecular formula is C41H30N4. The van der Waals surface area contributed by atoms with E-state index in [1.807, 2.05) is 31.2 Å². The van der Waals surface area contributed by atoms with E-state index in [4.69, 9.17) is 9.97 Å². The predicted molar refractivity (Wildman–Crippen MR) is 189 cm³/mol. The van der Waals surface area contributed by atoms with Gasteiger partial charge in [-0.2, -0.15) is 0 Å². The normalized spacial score (nSPS) is 12.2. The Kier molecular flexibility index (Phi) is 6.46. The first kappa shape index (κ1) is 26.6. The van der Waals surface area contributed by atoms with Crippen molar-refractivity contribution >= 4 is 49.3 Å². The molecule has 0 saturated heterocycles. The van der Waals surface area contributed by atoms with Crippen LogP contribution < -0.4 is 0 Å². The van der Waals surface area contributed by atoms with Crippen molar-refractivity contribution < 1.29 is 0 Å². The smallest absolute Gasteiger partial charge is 0.162 e. The van der Waals surface area contributed by atoms with E-state index in [-0.39, 0.29) is 0 Å². The van der Waals surface area contributed by atoms with Crippen LogP contribution in [0.1, 0.15) is 12.6 Å². The number of rotatable bonds is 6. The second-order valence-corrected chi connectivity index (χ2v) is 11.1. The van der Waals surface area contributed by atoms with E-state index in [1.165, 1.54) is 21.8 Å². The molecule has 0 spiro atoms. The Balaban J connectivity index is 1.38. The summed E-state index contributed by atoms with van der Waals surface area (Å²) in [7, 11) is 0. The molecule has 8 aromatic rings. The quantitative estimate of drug-likeness (QED) is 0.184. The lowest BCUT2D eigenvalue weighted by Crippen LogP contribution is -2.01. The van der Waals surface area contributed by atoms with Crippen molar-refractivity contribution in [3.63, 3.8) is 0 Å². The van der Waals surface area contributed by atoms with Gasteiger partial charge in [0.05, 0.1) is 27.6 Å². The fourth-order valence-electron chi connectivity index (χ4n) is 6.51. The fourth-order valence-corrected chi connectivity index (χ4v) is 6.51. The number of para-hydroxylation sites is 4. The zero-order valence-electron chi connectivity index (χ0n) is 24.9. The molecule has 0 aliphatic rings. The molecule has 0 N–H and O–H groups in total. The minimum atomic E-state index is 0.672. The summed E-state index contributed by atoms with van der Waals surface area (Å²) in [4.78, 5) is 10.5. The van der Waals surface area contributed by atoms with Crippen molar-refractivity contribution in [2.45, 2.75) is 6.92 Å². The van der Waals surface area contributed by atoms with Crippen LogP contribution in [0.4, 0.5) is 0 Å². The van der Waals surface area contributed by atoms with Gasteiger partial charge in [0.25, 0.3) is 0 Å². The number of hydrogen-bond acceptors (Lipinski definition) is 2. The van der Waals surface area contributed by atoms with E-state index in [2.05, 4.69) is 143 Å². The molecule has 5 aromatic carbocycles. The Labute approximate surface area is 261 Å². The predicted octanol–water partition coefficient (Wildman–Crippen LogP) is 10.5. The van der Waals surface area contributed by atoms with Crippen LogP contribution in [0.5, 0.6) is 0 Å². The molecule has 0 amide bonds. The Morgan fingerprint density at radius 3 is 1.78 bits per heavy atom. The Bertz CT molecular complexity index is 2390. The molecule has 0 fully saturated rings. The van der Waals surface area contributed by atoms with Gasteiger partial charge >= 0.3 is 0 Å². The Hall–Kier alpha value is -6.00. The maximum absolute atomic E-state index is 5.28. The molecule has 0 bridgehead atoms. The third-order valence-corrected chi connectivity index (χ3v) is 8.41. The van der Waals surface area contributed by atoms with Gasteiger partial charge in [0.15, 0.2) is 5.82 Å². The zero-order valence-corrected chi connectivity index (χ0v) is 24.9. The summed E-state index contributed by atoms with van der Waals surface area (Å²) in [5.74, 6) is 0.672. The molecule has 4 nitrogen and oxygen atoms in total. The van der Waals surface area contributed by atoms with Gasteiger partial charge in [-0.25, -0.2) is 9.97 Å². The summed E-state index contributed by atoms with van der Waals surface area (Å²) in [6.07, 6.45) is 7.97. The SMILES string of the molecule is C=C/C=C(\C=C/C)c1nc(-c2ccc(-n3c4ccccc4c4ccccc43)cc2)nc2c1c1ccccc1n2-c1ccccc1. The summed E-state index contributed by atoms with van der Waals surface area (Å²) in [5, 5.41) is 4.62. The number of fused-ring (bicyclic) bond motifs is 6. The molecule has 0 atom stereocenters. The summed E-state index contributed by atoms with van der Waals surface area (Å²) in [6, 6.07) is 44.6. The number of benzene rings is 5. The van der Waals surface area contributed by atoms with Crippen LogP contribution in [0, 0.1) is 0 Å². The van der Waals surface area contributed by atoms with Gasteiger partial charge in [0, 0.05) is 38.7 Å². The van der Waals surface area contributed by atoms with E-state index < -0.39 is 0 Å². The van der Waals surface area contributed by atoms with Crippen LogP contribution >= 0.6 is 0 Å². The molecule has 45 heavy (non-hydrogen) atoms. The molecule has 0 aliphatic carbocycles. The molecule has 3 heterocycles. The highest BCUT2D eigenvalue weighted by atomic mass is 15.1. The highest BCUT2D eigenvalue weighted by Gasteiger charge is 2.21. The maximum Gasteiger partial charge on any atom is 0.162 e. The minimum Gasteiger partial charge on any atom is -0.309 e. The van der Waals surface area contributed by atoms with Crippen molar-refractivity contribution in [1.29, 1.82) is 0 Å². The van der Waals surface area contributed by atoms with E-state index >= 15 is 0 Å². The van der Waals surface area contributed by atoms with E-state index in [0.717, 1.165) is 50.1 Å². The average molecular weight is 579 g/mol. The molecular weight excluding hydrogens is 548 g/mol. The lowest BCUT2D eigenvalue weighted by molar-refractivity contribution is 1.11. The first-order valence-corrected chi connectivity index (χ1v) is 15.2. The Morgan fingerprint density at radius 2 is 1.16 bits per heavy atom. The van der Waals surface area contributed by atoms with Crippen LogP contribution in [0.3, 0.4) is 0 Å². The third-order valence-electron chi connectivity index (χ3n) is 8.41. The largest absolute Gasteiger partial charge is 0.309 e. The van der Waals surface area contributed by atoms with E-state index in [0.29, 0.717) is 5.82 Å². The van der Waals surface area contributed by atoms with E-state index in [9.17, 15) is 0 Å². The maximum atomic E-state index is 5.28. The summed E-state index contributed by atoms with van der Waals surface area (Å²) in [5.41, 5.74) is 9.29. The average Bonchev–Trinajstić information content (AvgIpc) is 3.61. The third kappa shape index (κ3) is 4.30. The fraction of sp³-hybridized carbons (Fsp3) is 0.0244. The summed E-state index contributed by atoms with van der Waals surface area (Å²) in [6.45, 7) is 6.02. The molecule has 8 rings (SSSR count). The molecule has 214 valence electrons. The van der Waals surface area contributed by atoms with Crippen LogP contribution in [-0.2, 0) is 0 Å². The van der Waals surface area contributed by atoms with Gasteiger partial charge in [-0.15, -0.1) is 0 Å². The molecule has 0 aliphatic heterocycles. The minimum absolute atomic E-state index is 0.672. The first-order chi connectivity index (χ1) is 22.3. The molecule has 3 aromatic heterocycles. The van der Waals surface area contributed by atoms with Gasteiger partial charge in [-0.1, -0.05) is 104 Å². The van der Waals surface area contributed by atoms with Gasteiger partial charge in [-0.05, 0) is 61.5 Å². The highest BCUT2D eigenvalue weighted by molar-refractivity contribution is 6.13. The van der Waals surface area contributed by atoms with Gasteiger partial charge in [0.2, 0.25) is 0 Å². The second-order valence-electron chi connectivity index (χ2n) is 11.1. The number of allylic oxidation sites excluding steroid dienone is 5. The van der Waals surface area contributed by atoms with Crippen LogP contribution in [-0.4, -0.2) is 19.1 Å². The van der Waals surface area contributed by atoms with Gasteiger partial charge in [0.1, 0.15) is 5.65 Å². The standard InChI is InChI=1S/C41H30N4/c1-3-14-28(15-4-2)39-38-34-20-10-13-23-37(34)45(30-16-6-5-7-17-30)41(38)43-40(42-39)29-24-26-31(27-25-29)44-35-21-11-8-18-32(35)33-19-9-12-22-36(33)44/h3-27H,1H2,2H3/b15-4-,28-14+. The van der Waals surface area contributed by atoms with E-state index in [1.54, 1.807) is 0 Å². The second kappa shape index (κ2) is 10.9. The summed E-state index contributed by atoms with van der Waals surface area (Å²) >= 11 is 0. The molecule has 0 unspecified atom stereocenters. The van der Waals surface area contributed by atoms with Crippen molar-refractivity contribution in [2.75, 3.05) is 0 Å². The molecule has 4 heteroatoms. The van der Waals surface area contributed by atoms with Crippen LogP contribution in [0.25, 0.3) is 72.1 Å². The molecule has 0 saturated carbocycles.